The topological polar surface area (TPSA) is 55.8 Å². The van der Waals surface area contributed by atoms with Crippen molar-refractivity contribution in [3.05, 3.63) is 25.3 Å². The second kappa shape index (κ2) is 19.0. The van der Waals surface area contributed by atoms with E-state index in [1.54, 1.807) is 0 Å². The number of carbonyl (C=O) groups is 2. The van der Waals surface area contributed by atoms with Gasteiger partial charge in [-0.1, -0.05) is 82.0 Å². The van der Waals surface area contributed by atoms with Gasteiger partial charge in [0.05, 0.1) is 6.04 Å². The van der Waals surface area contributed by atoms with Crippen molar-refractivity contribution in [3.8, 4) is 0 Å². The van der Waals surface area contributed by atoms with Crippen LogP contribution >= 0.6 is 43.2 Å². The van der Waals surface area contributed by atoms with Crippen molar-refractivity contribution in [2.75, 3.05) is 37.8 Å². The molecule has 0 bridgehead atoms. The summed E-state index contributed by atoms with van der Waals surface area (Å²) in [5.41, 5.74) is 0. The Kier molecular flexibility index (Phi) is 16.7. The molecule has 0 saturated carbocycles. The fraction of sp³-hybridized carbons (Fsp3) is 0.760. The third kappa shape index (κ3) is 13.2. The Morgan fingerprint density at radius 3 is 1.65 bits per heavy atom. The maximum atomic E-state index is 11.7. The van der Waals surface area contributed by atoms with E-state index in [4.69, 9.17) is 9.47 Å². The summed E-state index contributed by atoms with van der Waals surface area (Å²) in [6, 6.07) is -0.156. The number of esters is 2. The van der Waals surface area contributed by atoms with Crippen LogP contribution in [0, 0.1) is 0 Å². The molecule has 9 heteroatoms. The average Bonchev–Trinajstić information content (AvgIpc) is 3.56. The van der Waals surface area contributed by atoms with Gasteiger partial charge >= 0.3 is 11.9 Å². The monoisotopic (exact) mass is 547 g/mol. The van der Waals surface area contributed by atoms with Gasteiger partial charge in [0, 0.05) is 34.2 Å². The zero-order valence-electron chi connectivity index (χ0n) is 20.3. The summed E-state index contributed by atoms with van der Waals surface area (Å²) in [4.78, 5) is 25.7. The Labute approximate surface area is 222 Å². The summed E-state index contributed by atoms with van der Waals surface area (Å²) in [5.74, 6) is 1.68. The first-order chi connectivity index (χ1) is 16.6. The van der Waals surface area contributed by atoms with Gasteiger partial charge in [-0.05, 0) is 51.6 Å². The van der Waals surface area contributed by atoms with Gasteiger partial charge in [-0.25, -0.2) is 9.59 Å². The fourth-order valence-electron chi connectivity index (χ4n) is 4.07. The summed E-state index contributed by atoms with van der Waals surface area (Å²) < 4.78 is 10.7. The molecule has 0 radical (unpaired) electrons. The highest BCUT2D eigenvalue weighted by Gasteiger charge is 2.22. The van der Waals surface area contributed by atoms with Crippen molar-refractivity contribution >= 4 is 55.1 Å². The first-order valence-electron chi connectivity index (χ1n) is 12.5. The largest absolute Gasteiger partial charge is 0.461 e. The summed E-state index contributed by atoms with van der Waals surface area (Å²) in [6.07, 6.45) is 14.7. The molecule has 2 aliphatic heterocycles. The van der Waals surface area contributed by atoms with E-state index in [-0.39, 0.29) is 19.3 Å². The van der Waals surface area contributed by atoms with Crippen molar-refractivity contribution < 1.29 is 19.1 Å². The molecule has 194 valence electrons. The Bertz CT molecular complexity index is 560. The van der Waals surface area contributed by atoms with Crippen LogP contribution in [0.3, 0.4) is 0 Å². The molecule has 34 heavy (non-hydrogen) atoms. The van der Waals surface area contributed by atoms with E-state index < -0.39 is 11.9 Å². The van der Waals surface area contributed by atoms with Gasteiger partial charge in [-0.15, -0.1) is 0 Å². The molecule has 2 saturated heterocycles. The average molecular weight is 548 g/mol. The Balaban J connectivity index is 1.82. The SMILES string of the molecule is C=CC(=O)OCC(COC(=O)C=C)N(CCCCCC1CCSS1)CCCCCC1CCSS1. The lowest BCUT2D eigenvalue weighted by Crippen LogP contribution is -2.44. The third-order valence-electron chi connectivity index (χ3n) is 6.08. The first-order valence-corrected chi connectivity index (χ1v) is 17.3. The molecular formula is C25H41NO4S4. The minimum Gasteiger partial charge on any atom is -0.461 e. The maximum absolute atomic E-state index is 11.7. The van der Waals surface area contributed by atoms with Crippen LogP contribution in [0.15, 0.2) is 25.3 Å². The Morgan fingerprint density at radius 2 is 1.26 bits per heavy atom. The summed E-state index contributed by atoms with van der Waals surface area (Å²) in [6.45, 7) is 9.20. The van der Waals surface area contributed by atoms with Crippen LogP contribution < -0.4 is 0 Å². The number of unbranched alkanes of at least 4 members (excludes halogenated alkanes) is 4. The lowest BCUT2D eigenvalue weighted by atomic mass is 10.1. The molecule has 2 fully saturated rings. The van der Waals surface area contributed by atoms with Crippen LogP contribution in [0.4, 0.5) is 0 Å². The molecule has 0 spiro atoms. The van der Waals surface area contributed by atoms with Gasteiger partial charge in [-0.2, -0.15) is 0 Å². The highest BCUT2D eigenvalue weighted by Crippen LogP contribution is 2.40. The number of ether oxygens (including phenoxy) is 2. The van der Waals surface area contributed by atoms with Crippen LogP contribution in [0.1, 0.15) is 64.2 Å². The van der Waals surface area contributed by atoms with Crippen molar-refractivity contribution in [2.24, 2.45) is 0 Å². The van der Waals surface area contributed by atoms with Crippen LogP contribution in [0.5, 0.6) is 0 Å². The van der Waals surface area contributed by atoms with E-state index >= 15 is 0 Å². The molecule has 0 N–H and O–H groups in total. The standard InChI is InChI=1S/C25H41NO4S4/c1-3-24(27)29-19-21(20-30-25(28)4-2)26(15-9-5-7-11-22-13-17-31-33-22)16-10-6-8-12-23-14-18-32-34-23/h3-4,21-23H,1-2,5-20H2. The normalized spacial score (nSPS) is 20.1. The lowest BCUT2D eigenvalue weighted by molar-refractivity contribution is -0.144. The zero-order chi connectivity index (χ0) is 24.4. The third-order valence-corrected chi connectivity index (χ3v) is 12.1. The van der Waals surface area contributed by atoms with Crippen LogP contribution in [0.25, 0.3) is 0 Å². The van der Waals surface area contributed by atoms with E-state index in [1.165, 1.54) is 75.0 Å². The lowest BCUT2D eigenvalue weighted by Gasteiger charge is -2.31. The molecule has 2 rings (SSSR count). The van der Waals surface area contributed by atoms with Gasteiger partial charge in [0.25, 0.3) is 0 Å². The molecule has 2 heterocycles. The van der Waals surface area contributed by atoms with Crippen molar-refractivity contribution in [1.82, 2.24) is 4.90 Å². The van der Waals surface area contributed by atoms with Crippen LogP contribution in [0.2, 0.25) is 0 Å². The smallest absolute Gasteiger partial charge is 0.330 e. The molecule has 2 aliphatic rings. The molecule has 5 nitrogen and oxygen atoms in total. The summed E-state index contributed by atoms with van der Waals surface area (Å²) in [7, 11) is 8.11. The molecule has 2 unspecified atom stereocenters. The molecule has 0 aliphatic carbocycles. The molecule has 0 aromatic heterocycles. The van der Waals surface area contributed by atoms with Gasteiger partial charge in [0.15, 0.2) is 0 Å². The Morgan fingerprint density at radius 1 is 0.794 bits per heavy atom. The van der Waals surface area contributed by atoms with Crippen molar-refractivity contribution in [1.29, 1.82) is 0 Å². The van der Waals surface area contributed by atoms with Crippen molar-refractivity contribution in [2.45, 2.75) is 80.7 Å². The van der Waals surface area contributed by atoms with E-state index in [1.807, 2.05) is 43.2 Å². The van der Waals surface area contributed by atoms with Gasteiger partial charge in [0.2, 0.25) is 0 Å². The van der Waals surface area contributed by atoms with E-state index in [0.29, 0.717) is 0 Å². The molecule has 0 aromatic rings. The minimum absolute atomic E-state index is 0.156. The van der Waals surface area contributed by atoms with E-state index in [9.17, 15) is 9.59 Å². The predicted octanol–water partition coefficient (Wildman–Crippen LogP) is 6.54. The second-order valence-electron chi connectivity index (χ2n) is 8.71. The van der Waals surface area contributed by atoms with Gasteiger partial charge in [-0.3, -0.25) is 4.90 Å². The van der Waals surface area contributed by atoms with Crippen LogP contribution in [-0.4, -0.2) is 71.2 Å². The number of nitrogens with zero attached hydrogens (tertiary/aromatic N) is 1. The number of rotatable bonds is 19. The van der Waals surface area contributed by atoms with Crippen molar-refractivity contribution in [3.63, 3.8) is 0 Å². The highest BCUT2D eigenvalue weighted by molar-refractivity contribution is 8.77. The number of carbonyl (C=O) groups excluding carboxylic acids is 2. The molecule has 0 aromatic carbocycles. The number of hydrogen-bond donors (Lipinski definition) is 0. The highest BCUT2D eigenvalue weighted by atomic mass is 33.1. The van der Waals surface area contributed by atoms with E-state index in [0.717, 1.165) is 36.4 Å². The zero-order valence-corrected chi connectivity index (χ0v) is 23.6. The summed E-state index contributed by atoms with van der Waals surface area (Å²) in [5, 5.41) is 1.64. The Hall–Kier alpha value is -0.220. The first kappa shape index (κ1) is 30.0. The fourth-order valence-corrected chi connectivity index (χ4v) is 10.1. The molecule has 2 atom stereocenters. The maximum Gasteiger partial charge on any atom is 0.330 e. The quantitative estimate of drug-likeness (QED) is 0.0776. The molecule has 0 amide bonds. The second-order valence-corrected chi connectivity index (χ2v) is 14.3. The van der Waals surface area contributed by atoms with Crippen LogP contribution in [-0.2, 0) is 19.1 Å². The van der Waals surface area contributed by atoms with Gasteiger partial charge < -0.3 is 9.47 Å². The van der Waals surface area contributed by atoms with Gasteiger partial charge in [0.1, 0.15) is 13.2 Å². The number of hydrogen-bond acceptors (Lipinski definition) is 9. The minimum atomic E-state index is -0.445. The van der Waals surface area contributed by atoms with E-state index in [2.05, 4.69) is 18.1 Å². The summed E-state index contributed by atoms with van der Waals surface area (Å²) >= 11 is 0. The predicted molar refractivity (Wildman–Crippen MR) is 152 cm³/mol. The molecular weight excluding hydrogens is 507 g/mol.